The fraction of sp³-hybridized carbons (Fsp3) is 0.440. The summed E-state index contributed by atoms with van der Waals surface area (Å²) < 4.78 is 43.4. The number of aryl methyl sites for hydroxylation is 1. The molecule has 2 aromatic heterocycles. The fourth-order valence-corrected chi connectivity index (χ4v) is 4.58. The summed E-state index contributed by atoms with van der Waals surface area (Å²) in [6.45, 7) is 9.14. The summed E-state index contributed by atoms with van der Waals surface area (Å²) in [6.07, 6.45) is 1.95. The standard InChI is InChI=1S/C25H28BrF2N3O3/c1-15-5-6-31-20(12-17-13-30(7-8-33-17)14-22(32)34-25(2,3)4)24(29-21(31)9-15)23-18(27)10-16(26)11-19(23)28/h5-6,9-11,17H,7-8,12-14H2,1-4H3/t17-/m0/s1. The first-order chi connectivity index (χ1) is 16.0. The molecule has 9 heteroatoms. The summed E-state index contributed by atoms with van der Waals surface area (Å²) in [5.74, 6) is -1.67. The van der Waals surface area contributed by atoms with Gasteiger partial charge in [-0.25, -0.2) is 13.8 Å². The highest BCUT2D eigenvalue weighted by atomic mass is 79.9. The van der Waals surface area contributed by atoms with Crippen LogP contribution in [0.25, 0.3) is 16.9 Å². The predicted octanol–water partition coefficient (Wildman–Crippen LogP) is 4.94. The van der Waals surface area contributed by atoms with E-state index in [9.17, 15) is 13.6 Å². The maximum atomic E-state index is 14.9. The molecule has 6 nitrogen and oxygen atoms in total. The van der Waals surface area contributed by atoms with Crippen LogP contribution in [0.1, 0.15) is 32.0 Å². The number of rotatable bonds is 5. The van der Waals surface area contributed by atoms with Crippen LogP contribution in [0.4, 0.5) is 8.78 Å². The van der Waals surface area contributed by atoms with E-state index < -0.39 is 17.2 Å². The number of aromatic nitrogens is 2. The largest absolute Gasteiger partial charge is 0.459 e. The third-order valence-electron chi connectivity index (χ3n) is 5.54. The van der Waals surface area contributed by atoms with Crippen LogP contribution in [-0.2, 0) is 20.7 Å². The highest BCUT2D eigenvalue weighted by molar-refractivity contribution is 9.10. The highest BCUT2D eigenvalue weighted by Crippen LogP contribution is 2.33. The second kappa shape index (κ2) is 9.71. The Labute approximate surface area is 206 Å². The average Bonchev–Trinajstić information content (AvgIpc) is 3.03. The van der Waals surface area contributed by atoms with Gasteiger partial charge in [0.1, 0.15) is 22.9 Å². The minimum absolute atomic E-state index is 0.159. The molecule has 0 bridgehead atoms. The smallest absolute Gasteiger partial charge is 0.320 e. The van der Waals surface area contributed by atoms with Crippen LogP contribution in [0.2, 0.25) is 0 Å². The Bertz CT molecular complexity index is 1200. The number of morpholine rings is 1. The monoisotopic (exact) mass is 535 g/mol. The number of ether oxygens (including phenoxy) is 2. The first kappa shape index (κ1) is 24.8. The van der Waals surface area contributed by atoms with Crippen molar-refractivity contribution in [3.8, 4) is 11.3 Å². The lowest BCUT2D eigenvalue weighted by Gasteiger charge is -2.33. The molecule has 1 saturated heterocycles. The van der Waals surface area contributed by atoms with Gasteiger partial charge in [0, 0.05) is 30.2 Å². The van der Waals surface area contributed by atoms with E-state index in [1.165, 1.54) is 12.1 Å². The molecule has 0 radical (unpaired) electrons. The van der Waals surface area contributed by atoms with Crippen molar-refractivity contribution in [1.29, 1.82) is 0 Å². The maximum Gasteiger partial charge on any atom is 0.320 e. The maximum absolute atomic E-state index is 14.9. The van der Waals surface area contributed by atoms with Gasteiger partial charge in [-0.05, 0) is 57.5 Å². The average molecular weight is 536 g/mol. The van der Waals surface area contributed by atoms with Gasteiger partial charge in [-0.3, -0.25) is 9.69 Å². The van der Waals surface area contributed by atoms with E-state index in [0.717, 1.165) is 5.56 Å². The zero-order valence-electron chi connectivity index (χ0n) is 19.7. The SMILES string of the molecule is Cc1ccn2c(C[C@H]3CN(CC(=O)OC(C)(C)C)CCO3)c(-c3c(F)cc(Br)cc3F)nc2c1. The zero-order chi connectivity index (χ0) is 24.6. The lowest BCUT2D eigenvalue weighted by atomic mass is 10.0. The number of hydrogen-bond acceptors (Lipinski definition) is 5. The molecule has 1 aliphatic rings. The molecule has 1 atom stereocenters. The second-order valence-electron chi connectivity index (χ2n) is 9.60. The van der Waals surface area contributed by atoms with E-state index in [-0.39, 0.29) is 29.9 Å². The van der Waals surface area contributed by atoms with Gasteiger partial charge < -0.3 is 13.9 Å². The summed E-state index contributed by atoms with van der Waals surface area (Å²) in [5.41, 5.74) is 1.78. The van der Waals surface area contributed by atoms with Crippen molar-refractivity contribution in [1.82, 2.24) is 14.3 Å². The first-order valence-corrected chi connectivity index (χ1v) is 12.0. The molecule has 0 amide bonds. The van der Waals surface area contributed by atoms with Crippen LogP contribution in [0.5, 0.6) is 0 Å². The molecule has 1 aliphatic heterocycles. The molecule has 0 unspecified atom stereocenters. The number of esters is 1. The van der Waals surface area contributed by atoms with Crippen molar-refractivity contribution in [2.45, 2.75) is 45.8 Å². The molecular weight excluding hydrogens is 508 g/mol. The fourth-order valence-electron chi connectivity index (χ4n) is 4.18. The van der Waals surface area contributed by atoms with Crippen molar-refractivity contribution >= 4 is 27.5 Å². The molecule has 0 N–H and O–H groups in total. The van der Waals surface area contributed by atoms with Crippen LogP contribution in [0, 0.1) is 18.6 Å². The van der Waals surface area contributed by atoms with Crippen LogP contribution in [-0.4, -0.2) is 58.2 Å². The van der Waals surface area contributed by atoms with Gasteiger partial charge in [-0.2, -0.15) is 0 Å². The Morgan fingerprint density at radius 1 is 1.26 bits per heavy atom. The Morgan fingerprint density at radius 2 is 1.97 bits per heavy atom. The van der Waals surface area contributed by atoms with Gasteiger partial charge in [0.2, 0.25) is 0 Å². The molecule has 1 aromatic carbocycles. The number of carbonyl (C=O) groups excluding carboxylic acids is 1. The lowest BCUT2D eigenvalue weighted by molar-refractivity contribution is -0.157. The van der Waals surface area contributed by atoms with Crippen LogP contribution < -0.4 is 0 Å². The Morgan fingerprint density at radius 3 is 2.65 bits per heavy atom. The molecule has 4 rings (SSSR count). The number of nitrogens with zero attached hydrogens (tertiary/aromatic N) is 3. The number of hydrogen-bond donors (Lipinski definition) is 0. The van der Waals surface area contributed by atoms with E-state index >= 15 is 0 Å². The summed E-state index contributed by atoms with van der Waals surface area (Å²) in [7, 11) is 0. The van der Waals surface area contributed by atoms with Gasteiger partial charge in [0.15, 0.2) is 0 Å². The minimum Gasteiger partial charge on any atom is -0.459 e. The van der Waals surface area contributed by atoms with E-state index in [1.54, 1.807) is 0 Å². The quantitative estimate of drug-likeness (QED) is 0.433. The van der Waals surface area contributed by atoms with Gasteiger partial charge in [0.05, 0.1) is 36.2 Å². The van der Waals surface area contributed by atoms with Crippen LogP contribution >= 0.6 is 15.9 Å². The van der Waals surface area contributed by atoms with E-state index in [0.29, 0.717) is 41.9 Å². The highest BCUT2D eigenvalue weighted by Gasteiger charge is 2.28. The van der Waals surface area contributed by atoms with Gasteiger partial charge in [0.25, 0.3) is 0 Å². The Kier molecular flexibility index (Phi) is 7.07. The molecule has 182 valence electrons. The third-order valence-corrected chi connectivity index (χ3v) is 6.00. The van der Waals surface area contributed by atoms with Gasteiger partial charge in [-0.15, -0.1) is 0 Å². The molecule has 3 aromatic rings. The Balaban J connectivity index is 1.64. The van der Waals surface area contributed by atoms with E-state index in [1.807, 2.05) is 55.3 Å². The van der Waals surface area contributed by atoms with Crippen molar-refractivity contribution in [3.05, 3.63) is 57.8 Å². The third kappa shape index (κ3) is 5.64. The Hall–Kier alpha value is -2.36. The van der Waals surface area contributed by atoms with E-state index in [4.69, 9.17) is 9.47 Å². The van der Waals surface area contributed by atoms with Crippen LogP contribution in [0.15, 0.2) is 34.9 Å². The van der Waals surface area contributed by atoms with Crippen molar-refractivity contribution in [2.24, 2.45) is 0 Å². The number of imidazole rings is 1. The molecule has 3 heterocycles. The summed E-state index contributed by atoms with van der Waals surface area (Å²) in [5, 5.41) is 0. The number of carbonyl (C=O) groups is 1. The van der Waals surface area contributed by atoms with Gasteiger partial charge in [-0.1, -0.05) is 15.9 Å². The first-order valence-electron chi connectivity index (χ1n) is 11.2. The normalized spacial score (nSPS) is 17.3. The number of benzene rings is 1. The topological polar surface area (TPSA) is 56.1 Å². The van der Waals surface area contributed by atoms with Crippen molar-refractivity contribution in [2.75, 3.05) is 26.2 Å². The molecule has 0 aliphatic carbocycles. The zero-order valence-corrected chi connectivity index (χ0v) is 21.3. The molecule has 34 heavy (non-hydrogen) atoms. The van der Waals surface area contributed by atoms with Crippen molar-refractivity contribution in [3.63, 3.8) is 0 Å². The van der Waals surface area contributed by atoms with E-state index in [2.05, 4.69) is 20.9 Å². The number of halogens is 3. The molecule has 0 saturated carbocycles. The molecule has 0 spiro atoms. The summed E-state index contributed by atoms with van der Waals surface area (Å²) in [6, 6.07) is 6.26. The van der Waals surface area contributed by atoms with Crippen LogP contribution in [0.3, 0.4) is 0 Å². The lowest BCUT2D eigenvalue weighted by Crippen LogP contribution is -2.46. The van der Waals surface area contributed by atoms with Gasteiger partial charge >= 0.3 is 5.97 Å². The summed E-state index contributed by atoms with van der Waals surface area (Å²) in [4.78, 5) is 18.9. The minimum atomic E-state index is -0.690. The number of pyridine rings is 1. The number of fused-ring (bicyclic) bond motifs is 1. The summed E-state index contributed by atoms with van der Waals surface area (Å²) >= 11 is 3.14. The predicted molar refractivity (Wildman–Crippen MR) is 129 cm³/mol. The second-order valence-corrected chi connectivity index (χ2v) is 10.5. The van der Waals surface area contributed by atoms with Crippen molar-refractivity contribution < 1.29 is 23.0 Å². The molecule has 1 fully saturated rings. The molecular formula is C25H28BrF2N3O3.